The van der Waals surface area contributed by atoms with Crippen molar-refractivity contribution < 1.29 is 9.18 Å². The van der Waals surface area contributed by atoms with E-state index in [1.165, 1.54) is 30.3 Å². The van der Waals surface area contributed by atoms with Crippen LogP contribution in [0.2, 0.25) is 10.0 Å². The Kier molecular flexibility index (Phi) is 4.02. The van der Waals surface area contributed by atoms with Crippen molar-refractivity contribution in [2.24, 2.45) is 0 Å². The summed E-state index contributed by atoms with van der Waals surface area (Å²) in [6, 6.07) is 6.67. The van der Waals surface area contributed by atoms with Crippen molar-refractivity contribution in [2.75, 3.05) is 5.32 Å². The molecule has 0 unspecified atom stereocenters. The lowest BCUT2D eigenvalue weighted by atomic mass is 10.2. The minimum absolute atomic E-state index is 0.220. The van der Waals surface area contributed by atoms with Gasteiger partial charge in [-0.1, -0.05) is 23.2 Å². The van der Waals surface area contributed by atoms with Gasteiger partial charge in [0.1, 0.15) is 5.82 Å². The molecule has 1 heterocycles. The molecule has 6 heteroatoms. The molecule has 0 saturated heterocycles. The van der Waals surface area contributed by atoms with Crippen LogP contribution in [0.5, 0.6) is 0 Å². The number of hydrogen-bond donors (Lipinski definition) is 1. The number of anilines is 1. The molecule has 1 N–H and O–H groups in total. The zero-order valence-corrected chi connectivity index (χ0v) is 11.4. The van der Waals surface area contributed by atoms with Crippen LogP contribution in [0.15, 0.2) is 30.3 Å². The molecule has 98 valence electrons. The second-order valence-electron chi connectivity index (χ2n) is 3.85. The summed E-state index contributed by atoms with van der Waals surface area (Å²) in [4.78, 5) is 16.0. The molecule has 0 bridgehead atoms. The monoisotopic (exact) mass is 298 g/mol. The van der Waals surface area contributed by atoms with Crippen molar-refractivity contribution in [3.8, 4) is 0 Å². The third-order valence-electron chi connectivity index (χ3n) is 2.44. The standard InChI is InChI=1S/C13H9Cl2FN2O/c1-7-10(14)6-11(15)12(17-7)18-13(19)8-2-4-9(16)5-3-8/h2-6H,1H3,(H,17,18,19). The minimum Gasteiger partial charge on any atom is -0.305 e. The summed E-state index contributed by atoms with van der Waals surface area (Å²) in [5, 5.41) is 3.21. The highest BCUT2D eigenvalue weighted by atomic mass is 35.5. The summed E-state index contributed by atoms with van der Waals surface area (Å²) in [6.45, 7) is 1.70. The lowest BCUT2D eigenvalue weighted by Gasteiger charge is -2.08. The quantitative estimate of drug-likeness (QED) is 0.907. The fraction of sp³-hybridized carbons (Fsp3) is 0.0769. The molecule has 1 aromatic carbocycles. The maximum atomic E-state index is 12.8. The Labute approximate surface area is 119 Å². The molecule has 0 atom stereocenters. The molecule has 19 heavy (non-hydrogen) atoms. The number of nitrogens with one attached hydrogen (secondary N) is 1. The third-order valence-corrected chi connectivity index (χ3v) is 3.11. The molecule has 1 amide bonds. The highest BCUT2D eigenvalue weighted by Crippen LogP contribution is 2.25. The summed E-state index contributed by atoms with van der Waals surface area (Å²) in [5.74, 6) is -0.607. The van der Waals surface area contributed by atoms with Gasteiger partial charge in [0.05, 0.1) is 15.7 Å². The first kappa shape index (κ1) is 13.8. The summed E-state index contributed by atoms with van der Waals surface area (Å²) in [5.41, 5.74) is 0.868. The van der Waals surface area contributed by atoms with E-state index in [2.05, 4.69) is 10.3 Å². The van der Waals surface area contributed by atoms with E-state index in [0.29, 0.717) is 16.3 Å². The van der Waals surface area contributed by atoms with Crippen LogP contribution in [0, 0.1) is 12.7 Å². The van der Waals surface area contributed by atoms with Gasteiger partial charge in [-0.25, -0.2) is 9.37 Å². The Bertz CT molecular complexity index is 629. The van der Waals surface area contributed by atoms with Gasteiger partial charge in [0.25, 0.3) is 5.91 Å². The van der Waals surface area contributed by atoms with E-state index in [9.17, 15) is 9.18 Å². The molecule has 0 spiro atoms. The number of carbonyl (C=O) groups is 1. The van der Waals surface area contributed by atoms with Crippen LogP contribution in [0.1, 0.15) is 16.1 Å². The summed E-state index contributed by atoms with van der Waals surface area (Å²) >= 11 is 11.8. The van der Waals surface area contributed by atoms with E-state index in [0.717, 1.165) is 0 Å². The van der Waals surface area contributed by atoms with E-state index in [4.69, 9.17) is 23.2 Å². The number of carbonyl (C=O) groups excluding carboxylic acids is 1. The second-order valence-corrected chi connectivity index (χ2v) is 4.66. The summed E-state index contributed by atoms with van der Waals surface area (Å²) in [7, 11) is 0. The average Bonchev–Trinajstić information content (AvgIpc) is 2.36. The van der Waals surface area contributed by atoms with Crippen molar-refractivity contribution >= 4 is 34.9 Å². The lowest BCUT2D eigenvalue weighted by molar-refractivity contribution is 0.102. The molecule has 0 saturated carbocycles. The molecule has 1 aromatic heterocycles. The van der Waals surface area contributed by atoms with Crippen LogP contribution in [0.25, 0.3) is 0 Å². The van der Waals surface area contributed by atoms with Gasteiger partial charge in [0.2, 0.25) is 0 Å². The predicted molar refractivity (Wildman–Crippen MR) is 73.3 cm³/mol. The third kappa shape index (κ3) is 3.22. The average molecular weight is 299 g/mol. The van der Waals surface area contributed by atoms with Crippen LogP contribution < -0.4 is 5.32 Å². The Balaban J connectivity index is 2.24. The number of rotatable bonds is 2. The van der Waals surface area contributed by atoms with Crippen LogP contribution in [-0.4, -0.2) is 10.9 Å². The van der Waals surface area contributed by atoms with Gasteiger partial charge in [-0.3, -0.25) is 4.79 Å². The summed E-state index contributed by atoms with van der Waals surface area (Å²) in [6.07, 6.45) is 0. The maximum absolute atomic E-state index is 12.8. The topological polar surface area (TPSA) is 42.0 Å². The van der Waals surface area contributed by atoms with Gasteiger partial charge in [-0.05, 0) is 37.3 Å². The Hall–Kier alpha value is -1.65. The highest BCUT2D eigenvalue weighted by molar-refractivity contribution is 6.36. The van der Waals surface area contributed by atoms with Crippen LogP contribution in [0.3, 0.4) is 0 Å². The number of benzene rings is 1. The number of nitrogens with zero attached hydrogens (tertiary/aromatic N) is 1. The van der Waals surface area contributed by atoms with Gasteiger partial charge in [0.15, 0.2) is 5.82 Å². The first-order chi connectivity index (χ1) is 8.97. The first-order valence-corrected chi connectivity index (χ1v) is 6.12. The van der Waals surface area contributed by atoms with Gasteiger partial charge in [-0.15, -0.1) is 0 Å². The largest absolute Gasteiger partial charge is 0.305 e. The van der Waals surface area contributed by atoms with Crippen LogP contribution in [-0.2, 0) is 0 Å². The molecule has 0 aliphatic rings. The molecular weight excluding hydrogens is 290 g/mol. The predicted octanol–water partition coefficient (Wildman–Crippen LogP) is 4.09. The van der Waals surface area contributed by atoms with E-state index in [-0.39, 0.29) is 10.8 Å². The molecule has 2 rings (SSSR count). The van der Waals surface area contributed by atoms with Gasteiger partial charge in [0, 0.05) is 5.56 Å². The molecular formula is C13H9Cl2FN2O. The van der Waals surface area contributed by atoms with E-state index in [1.807, 2.05) is 0 Å². The van der Waals surface area contributed by atoms with Crippen molar-refractivity contribution in [3.63, 3.8) is 0 Å². The van der Waals surface area contributed by atoms with E-state index < -0.39 is 11.7 Å². The van der Waals surface area contributed by atoms with Crippen LogP contribution >= 0.6 is 23.2 Å². The SMILES string of the molecule is Cc1nc(NC(=O)c2ccc(F)cc2)c(Cl)cc1Cl. The number of hydrogen-bond acceptors (Lipinski definition) is 2. The first-order valence-electron chi connectivity index (χ1n) is 5.37. The molecule has 0 fully saturated rings. The van der Waals surface area contributed by atoms with Crippen molar-refractivity contribution in [2.45, 2.75) is 6.92 Å². The molecule has 3 nitrogen and oxygen atoms in total. The van der Waals surface area contributed by atoms with E-state index >= 15 is 0 Å². The number of pyridine rings is 1. The fourth-order valence-electron chi connectivity index (χ4n) is 1.43. The zero-order chi connectivity index (χ0) is 14.0. The molecule has 2 aromatic rings. The maximum Gasteiger partial charge on any atom is 0.256 e. The van der Waals surface area contributed by atoms with Gasteiger partial charge < -0.3 is 5.32 Å². The summed E-state index contributed by atoms with van der Waals surface area (Å²) < 4.78 is 12.8. The van der Waals surface area contributed by atoms with Crippen molar-refractivity contribution in [1.82, 2.24) is 4.98 Å². The smallest absolute Gasteiger partial charge is 0.256 e. The molecule has 0 aliphatic heterocycles. The number of aryl methyl sites for hydroxylation is 1. The Morgan fingerprint density at radius 2 is 1.84 bits per heavy atom. The Morgan fingerprint density at radius 3 is 2.47 bits per heavy atom. The number of aromatic nitrogens is 1. The van der Waals surface area contributed by atoms with Gasteiger partial charge >= 0.3 is 0 Å². The zero-order valence-electron chi connectivity index (χ0n) is 9.88. The van der Waals surface area contributed by atoms with Crippen molar-refractivity contribution in [3.05, 3.63) is 57.5 Å². The molecule has 0 radical (unpaired) electrons. The minimum atomic E-state index is -0.420. The lowest BCUT2D eigenvalue weighted by Crippen LogP contribution is -2.13. The fourth-order valence-corrected chi connectivity index (χ4v) is 1.83. The van der Waals surface area contributed by atoms with Gasteiger partial charge in [-0.2, -0.15) is 0 Å². The second kappa shape index (κ2) is 5.55. The Morgan fingerprint density at radius 1 is 1.21 bits per heavy atom. The molecule has 0 aliphatic carbocycles. The normalized spacial score (nSPS) is 10.3. The number of halogens is 3. The van der Waals surface area contributed by atoms with Crippen LogP contribution in [0.4, 0.5) is 10.2 Å². The highest BCUT2D eigenvalue weighted by Gasteiger charge is 2.11. The van der Waals surface area contributed by atoms with Crippen molar-refractivity contribution in [1.29, 1.82) is 0 Å². The van der Waals surface area contributed by atoms with E-state index in [1.54, 1.807) is 6.92 Å². The number of amides is 1.